The molecular weight excluding hydrogens is 281 g/mol. The van der Waals surface area contributed by atoms with Crippen LogP contribution in [0.1, 0.15) is 26.5 Å². The first-order valence-electron chi connectivity index (χ1n) is 6.07. The number of halogens is 2. The second-order valence-corrected chi connectivity index (χ2v) is 6.53. The number of nitrogens with two attached hydrogens (primary N) is 1. The van der Waals surface area contributed by atoms with Gasteiger partial charge >= 0.3 is 0 Å². The summed E-state index contributed by atoms with van der Waals surface area (Å²) >= 11 is 12.4. The van der Waals surface area contributed by atoms with E-state index in [1.165, 1.54) is 0 Å². The third kappa shape index (κ3) is 3.04. The molecule has 0 spiro atoms. The zero-order valence-corrected chi connectivity index (χ0v) is 12.8. The minimum Gasteiger partial charge on any atom is -0.382 e. The molecule has 0 aliphatic carbocycles. The molecule has 5 heteroatoms. The molecule has 0 saturated carbocycles. The van der Waals surface area contributed by atoms with Gasteiger partial charge in [0.15, 0.2) is 0 Å². The van der Waals surface area contributed by atoms with Crippen molar-refractivity contribution in [2.75, 3.05) is 5.73 Å². The van der Waals surface area contributed by atoms with E-state index >= 15 is 0 Å². The number of rotatable bonds is 2. The highest BCUT2D eigenvalue weighted by molar-refractivity contribution is 6.34. The van der Waals surface area contributed by atoms with Gasteiger partial charge in [-0.2, -0.15) is 5.10 Å². The van der Waals surface area contributed by atoms with Crippen LogP contribution in [0.25, 0.3) is 5.69 Å². The number of nitrogen functional groups attached to an aromatic ring is 1. The van der Waals surface area contributed by atoms with Crippen LogP contribution in [0, 0.1) is 5.41 Å². The molecule has 2 rings (SSSR count). The first-order chi connectivity index (χ1) is 8.79. The lowest BCUT2D eigenvalue weighted by atomic mass is 9.91. The van der Waals surface area contributed by atoms with E-state index in [4.69, 9.17) is 28.9 Å². The monoisotopic (exact) mass is 297 g/mol. The molecule has 2 N–H and O–H groups in total. The van der Waals surface area contributed by atoms with Gasteiger partial charge in [-0.05, 0) is 24.0 Å². The van der Waals surface area contributed by atoms with E-state index in [1.54, 1.807) is 10.7 Å². The van der Waals surface area contributed by atoms with Crippen molar-refractivity contribution >= 4 is 29.0 Å². The molecule has 2 aromatic rings. The van der Waals surface area contributed by atoms with Gasteiger partial charge < -0.3 is 5.73 Å². The van der Waals surface area contributed by atoms with Gasteiger partial charge in [0.05, 0.1) is 16.4 Å². The average Bonchev–Trinajstić information content (AvgIpc) is 2.56. The third-order valence-electron chi connectivity index (χ3n) is 2.71. The molecule has 1 heterocycles. The van der Waals surface area contributed by atoms with E-state index in [2.05, 4.69) is 25.9 Å². The van der Waals surface area contributed by atoms with Crippen LogP contribution in [-0.4, -0.2) is 9.78 Å². The van der Waals surface area contributed by atoms with E-state index < -0.39 is 0 Å². The Bertz CT molecular complexity index is 597. The van der Waals surface area contributed by atoms with Crippen LogP contribution in [0.5, 0.6) is 0 Å². The van der Waals surface area contributed by atoms with Gasteiger partial charge in [0.2, 0.25) is 0 Å². The summed E-state index contributed by atoms with van der Waals surface area (Å²) in [6.07, 6.45) is 0.757. The smallest absolute Gasteiger partial charge is 0.146 e. The highest BCUT2D eigenvalue weighted by Crippen LogP contribution is 2.32. The highest BCUT2D eigenvalue weighted by Gasteiger charge is 2.21. The standard InChI is InChI=1S/C14H17Cl2N3/c1-14(2,3)8-10-12(16)13(17)19(18-10)11-7-5-4-6-9(11)15/h4-7H,8,17H2,1-3H3. The van der Waals surface area contributed by atoms with Gasteiger partial charge in [0.1, 0.15) is 10.8 Å². The third-order valence-corrected chi connectivity index (χ3v) is 3.44. The Morgan fingerprint density at radius 3 is 2.42 bits per heavy atom. The van der Waals surface area contributed by atoms with Crippen LogP contribution in [0.15, 0.2) is 24.3 Å². The van der Waals surface area contributed by atoms with Gasteiger partial charge in [-0.1, -0.05) is 56.1 Å². The minimum atomic E-state index is 0.0930. The molecule has 3 nitrogen and oxygen atoms in total. The summed E-state index contributed by atoms with van der Waals surface area (Å²) in [5, 5.41) is 5.60. The highest BCUT2D eigenvalue weighted by atomic mass is 35.5. The lowest BCUT2D eigenvalue weighted by molar-refractivity contribution is 0.405. The van der Waals surface area contributed by atoms with Crippen molar-refractivity contribution in [1.82, 2.24) is 9.78 Å². The van der Waals surface area contributed by atoms with Crippen molar-refractivity contribution in [2.24, 2.45) is 5.41 Å². The van der Waals surface area contributed by atoms with Crippen LogP contribution in [0.2, 0.25) is 10.0 Å². The normalized spacial score (nSPS) is 11.8. The molecule has 0 atom stereocenters. The zero-order chi connectivity index (χ0) is 14.2. The average molecular weight is 298 g/mol. The maximum Gasteiger partial charge on any atom is 0.146 e. The van der Waals surface area contributed by atoms with Gasteiger partial charge in [-0.25, -0.2) is 4.68 Å². The number of aromatic nitrogens is 2. The molecule has 19 heavy (non-hydrogen) atoms. The molecule has 0 saturated heterocycles. The molecule has 0 aliphatic rings. The molecule has 0 amide bonds. The van der Waals surface area contributed by atoms with E-state index in [-0.39, 0.29) is 5.41 Å². The molecule has 1 aromatic carbocycles. The van der Waals surface area contributed by atoms with E-state index in [0.29, 0.717) is 15.9 Å². The van der Waals surface area contributed by atoms with Crippen molar-refractivity contribution in [3.8, 4) is 5.69 Å². The van der Waals surface area contributed by atoms with E-state index in [1.807, 2.05) is 18.2 Å². The fraction of sp³-hybridized carbons (Fsp3) is 0.357. The molecule has 1 aromatic heterocycles. The summed E-state index contributed by atoms with van der Waals surface area (Å²) in [4.78, 5) is 0. The van der Waals surface area contributed by atoms with Gasteiger partial charge in [0.25, 0.3) is 0 Å². The summed E-state index contributed by atoms with van der Waals surface area (Å²) in [6, 6.07) is 7.42. The topological polar surface area (TPSA) is 43.8 Å². The van der Waals surface area contributed by atoms with Gasteiger partial charge in [-0.15, -0.1) is 0 Å². The molecule has 0 unspecified atom stereocenters. The Morgan fingerprint density at radius 1 is 1.21 bits per heavy atom. The minimum absolute atomic E-state index is 0.0930. The van der Waals surface area contributed by atoms with Crippen LogP contribution in [0.3, 0.4) is 0 Å². The van der Waals surface area contributed by atoms with Crippen LogP contribution in [0.4, 0.5) is 5.82 Å². The number of hydrogen-bond acceptors (Lipinski definition) is 2. The maximum atomic E-state index is 6.27. The van der Waals surface area contributed by atoms with Crippen LogP contribution in [-0.2, 0) is 6.42 Å². The lowest BCUT2D eigenvalue weighted by Gasteiger charge is -2.16. The first-order valence-corrected chi connectivity index (χ1v) is 6.83. The van der Waals surface area contributed by atoms with Crippen molar-refractivity contribution in [2.45, 2.75) is 27.2 Å². The molecule has 0 fully saturated rings. The van der Waals surface area contributed by atoms with Crippen molar-refractivity contribution in [3.05, 3.63) is 40.0 Å². The number of para-hydroxylation sites is 1. The number of benzene rings is 1. The Kier molecular flexibility index (Phi) is 3.79. The van der Waals surface area contributed by atoms with E-state index in [0.717, 1.165) is 17.8 Å². The summed E-state index contributed by atoms with van der Waals surface area (Å²) in [7, 11) is 0. The lowest BCUT2D eigenvalue weighted by Crippen LogP contribution is -2.10. The molecule has 0 bridgehead atoms. The first kappa shape index (κ1) is 14.2. The van der Waals surface area contributed by atoms with Crippen molar-refractivity contribution in [3.63, 3.8) is 0 Å². The SMILES string of the molecule is CC(C)(C)Cc1nn(-c2ccccc2Cl)c(N)c1Cl. The summed E-state index contributed by atoms with van der Waals surface area (Å²) in [5.74, 6) is 0.425. The van der Waals surface area contributed by atoms with Crippen molar-refractivity contribution < 1.29 is 0 Å². The van der Waals surface area contributed by atoms with Crippen LogP contribution >= 0.6 is 23.2 Å². The van der Waals surface area contributed by atoms with Gasteiger partial charge in [0, 0.05) is 0 Å². The largest absolute Gasteiger partial charge is 0.382 e. The second-order valence-electron chi connectivity index (χ2n) is 5.75. The van der Waals surface area contributed by atoms with Gasteiger partial charge in [-0.3, -0.25) is 0 Å². The van der Waals surface area contributed by atoms with Crippen molar-refractivity contribution in [1.29, 1.82) is 0 Å². The Labute approximate surface area is 123 Å². The Morgan fingerprint density at radius 2 is 1.84 bits per heavy atom. The summed E-state index contributed by atoms with van der Waals surface area (Å²) < 4.78 is 1.60. The summed E-state index contributed by atoms with van der Waals surface area (Å²) in [6.45, 7) is 6.40. The zero-order valence-electron chi connectivity index (χ0n) is 11.2. The quantitative estimate of drug-likeness (QED) is 0.895. The Balaban J connectivity index is 2.50. The number of anilines is 1. The fourth-order valence-corrected chi connectivity index (χ4v) is 2.28. The Hall–Kier alpha value is -1.19. The van der Waals surface area contributed by atoms with E-state index in [9.17, 15) is 0 Å². The number of nitrogens with zero attached hydrogens (tertiary/aromatic N) is 2. The molecular formula is C14H17Cl2N3. The predicted octanol–water partition coefficient (Wildman–Crippen LogP) is 4.35. The molecule has 0 radical (unpaired) electrons. The maximum absolute atomic E-state index is 6.27. The summed E-state index contributed by atoms with van der Waals surface area (Å²) in [5.41, 5.74) is 7.66. The van der Waals surface area contributed by atoms with Crippen LogP contribution < -0.4 is 5.73 Å². The fourth-order valence-electron chi connectivity index (χ4n) is 1.88. The molecule has 102 valence electrons. The molecule has 0 aliphatic heterocycles. The predicted molar refractivity (Wildman–Crippen MR) is 81.2 cm³/mol. The number of hydrogen-bond donors (Lipinski definition) is 1. The second kappa shape index (κ2) is 5.06.